The summed E-state index contributed by atoms with van der Waals surface area (Å²) in [6.07, 6.45) is 3.99. The number of hydrogen-bond acceptors (Lipinski definition) is 2. The van der Waals surface area contributed by atoms with Crippen molar-refractivity contribution in [3.05, 3.63) is 34.3 Å². The number of nitrogens with two attached hydrogens (primary N) is 1. The Morgan fingerprint density at radius 1 is 1.43 bits per heavy atom. The van der Waals surface area contributed by atoms with Crippen molar-refractivity contribution < 1.29 is 4.79 Å². The number of carbonyl (C=O) groups excluding carboxylic acids is 1. The fourth-order valence-electron chi connectivity index (χ4n) is 3.09. The van der Waals surface area contributed by atoms with E-state index in [-0.39, 0.29) is 17.4 Å². The third kappa shape index (κ3) is 3.67. The Hall–Kier alpha value is -0.870. The second-order valence-corrected chi connectivity index (χ2v) is 7.24. The summed E-state index contributed by atoms with van der Waals surface area (Å²) in [7, 11) is 0. The van der Waals surface area contributed by atoms with Gasteiger partial charge in [0.2, 0.25) is 5.91 Å². The Labute approximate surface area is 135 Å². The summed E-state index contributed by atoms with van der Waals surface area (Å²) in [6, 6.07) is 7.98. The van der Waals surface area contributed by atoms with Crippen LogP contribution in [0, 0.1) is 11.3 Å². The van der Waals surface area contributed by atoms with Gasteiger partial charge in [-0.15, -0.1) is 0 Å². The van der Waals surface area contributed by atoms with E-state index in [1.54, 1.807) is 0 Å². The molecule has 1 unspecified atom stereocenters. The molecule has 0 heterocycles. The normalized spacial score (nSPS) is 27.1. The number of nitrogens with one attached hydrogen (secondary N) is 1. The predicted octanol–water partition coefficient (Wildman–Crippen LogP) is 3.78. The van der Waals surface area contributed by atoms with Crippen molar-refractivity contribution in [2.75, 3.05) is 6.54 Å². The Kier molecular flexibility index (Phi) is 5.44. The zero-order valence-corrected chi connectivity index (χ0v) is 14.4. The lowest BCUT2D eigenvalue weighted by atomic mass is 9.70. The quantitative estimate of drug-likeness (QED) is 0.866. The van der Waals surface area contributed by atoms with Crippen LogP contribution in [-0.4, -0.2) is 12.5 Å². The first-order valence-electron chi connectivity index (χ1n) is 7.74. The van der Waals surface area contributed by atoms with E-state index >= 15 is 0 Å². The van der Waals surface area contributed by atoms with Crippen LogP contribution in [0.4, 0.5) is 0 Å². The van der Waals surface area contributed by atoms with E-state index in [4.69, 9.17) is 5.73 Å². The van der Waals surface area contributed by atoms with Gasteiger partial charge in [0, 0.05) is 11.0 Å². The Balaban J connectivity index is 2.08. The molecule has 1 fully saturated rings. The van der Waals surface area contributed by atoms with E-state index in [1.165, 1.54) is 0 Å². The average Bonchev–Trinajstić information content (AvgIpc) is 2.48. The second-order valence-electron chi connectivity index (χ2n) is 6.38. The molecular weight excluding hydrogens is 328 g/mol. The van der Waals surface area contributed by atoms with Crippen molar-refractivity contribution in [1.29, 1.82) is 0 Å². The van der Waals surface area contributed by atoms with Gasteiger partial charge in [-0.2, -0.15) is 0 Å². The monoisotopic (exact) mass is 352 g/mol. The molecule has 0 spiro atoms. The van der Waals surface area contributed by atoms with Crippen LogP contribution in [-0.2, 0) is 4.79 Å². The Morgan fingerprint density at radius 3 is 2.62 bits per heavy atom. The zero-order valence-electron chi connectivity index (χ0n) is 12.9. The highest BCUT2D eigenvalue weighted by Crippen LogP contribution is 2.39. The topological polar surface area (TPSA) is 55.1 Å². The predicted molar refractivity (Wildman–Crippen MR) is 89.8 cm³/mol. The number of carbonyl (C=O) groups is 1. The van der Waals surface area contributed by atoms with E-state index in [2.05, 4.69) is 28.2 Å². The summed E-state index contributed by atoms with van der Waals surface area (Å²) in [5.74, 6) is 0.818. The molecule has 0 radical (unpaired) electrons. The molecule has 1 aliphatic rings. The molecule has 0 aliphatic heterocycles. The molecule has 1 atom stereocenters. The highest BCUT2D eigenvalue weighted by atomic mass is 79.9. The van der Waals surface area contributed by atoms with Gasteiger partial charge in [-0.1, -0.05) is 41.1 Å². The van der Waals surface area contributed by atoms with Crippen LogP contribution in [0.5, 0.6) is 0 Å². The van der Waals surface area contributed by atoms with Gasteiger partial charge in [-0.3, -0.25) is 4.79 Å². The molecule has 0 bridgehead atoms. The van der Waals surface area contributed by atoms with Crippen molar-refractivity contribution in [3.8, 4) is 0 Å². The molecule has 0 saturated heterocycles. The lowest BCUT2D eigenvalue weighted by Crippen LogP contribution is -2.48. The lowest BCUT2D eigenvalue weighted by Gasteiger charge is -2.38. The van der Waals surface area contributed by atoms with Crippen LogP contribution in [0.25, 0.3) is 0 Å². The van der Waals surface area contributed by atoms with E-state index in [9.17, 15) is 4.79 Å². The van der Waals surface area contributed by atoms with Gasteiger partial charge in [0.25, 0.3) is 0 Å². The van der Waals surface area contributed by atoms with E-state index < -0.39 is 0 Å². The molecule has 1 saturated carbocycles. The first kappa shape index (κ1) is 16.5. The molecule has 3 N–H and O–H groups in total. The maximum absolute atomic E-state index is 12.7. The third-order valence-electron chi connectivity index (χ3n) is 4.82. The number of rotatable bonds is 4. The van der Waals surface area contributed by atoms with Crippen LogP contribution in [0.2, 0.25) is 0 Å². The SMILES string of the molecule is CC1CCC(CN)(C(=O)NC(C)c2ccccc2Br)CC1. The largest absolute Gasteiger partial charge is 0.349 e. The molecule has 1 aromatic carbocycles. The van der Waals surface area contributed by atoms with Gasteiger partial charge in [0.1, 0.15) is 0 Å². The first-order valence-corrected chi connectivity index (χ1v) is 8.53. The number of hydrogen-bond donors (Lipinski definition) is 2. The summed E-state index contributed by atoms with van der Waals surface area (Å²) in [5, 5.41) is 3.16. The maximum atomic E-state index is 12.7. The minimum Gasteiger partial charge on any atom is -0.349 e. The minimum absolute atomic E-state index is 0.0177. The zero-order chi connectivity index (χ0) is 15.5. The summed E-state index contributed by atoms with van der Waals surface area (Å²) < 4.78 is 1.02. The highest BCUT2D eigenvalue weighted by molar-refractivity contribution is 9.10. The van der Waals surface area contributed by atoms with E-state index in [1.807, 2.05) is 31.2 Å². The Morgan fingerprint density at radius 2 is 2.05 bits per heavy atom. The lowest BCUT2D eigenvalue weighted by molar-refractivity contribution is -0.133. The van der Waals surface area contributed by atoms with Gasteiger partial charge in [-0.25, -0.2) is 0 Å². The van der Waals surface area contributed by atoms with E-state index in [0.29, 0.717) is 12.5 Å². The van der Waals surface area contributed by atoms with Gasteiger partial charge in [-0.05, 0) is 50.2 Å². The summed E-state index contributed by atoms with van der Waals surface area (Å²) in [4.78, 5) is 12.7. The maximum Gasteiger partial charge on any atom is 0.227 e. The van der Waals surface area contributed by atoms with Gasteiger partial charge in [0.15, 0.2) is 0 Å². The van der Waals surface area contributed by atoms with Crippen LogP contribution in [0.15, 0.2) is 28.7 Å². The Bertz CT molecular complexity index is 495. The molecule has 2 rings (SSSR count). The molecule has 3 nitrogen and oxygen atoms in total. The number of benzene rings is 1. The molecule has 116 valence electrons. The van der Waals surface area contributed by atoms with Gasteiger partial charge in [0.05, 0.1) is 11.5 Å². The molecule has 4 heteroatoms. The minimum atomic E-state index is -0.373. The van der Waals surface area contributed by atoms with Crippen molar-refractivity contribution in [2.45, 2.75) is 45.6 Å². The second kappa shape index (κ2) is 6.93. The molecule has 1 aliphatic carbocycles. The fourth-order valence-corrected chi connectivity index (χ4v) is 3.72. The molecular formula is C17H25BrN2O. The molecule has 1 amide bonds. The van der Waals surface area contributed by atoms with Crippen molar-refractivity contribution in [1.82, 2.24) is 5.32 Å². The summed E-state index contributed by atoms with van der Waals surface area (Å²) in [5.41, 5.74) is 6.69. The molecule has 1 aromatic rings. The van der Waals surface area contributed by atoms with E-state index in [0.717, 1.165) is 35.7 Å². The van der Waals surface area contributed by atoms with Crippen LogP contribution >= 0.6 is 15.9 Å². The molecule has 0 aromatic heterocycles. The summed E-state index contributed by atoms with van der Waals surface area (Å²) in [6.45, 7) is 4.71. The van der Waals surface area contributed by atoms with Crippen molar-refractivity contribution >= 4 is 21.8 Å². The molecule has 21 heavy (non-hydrogen) atoms. The highest BCUT2D eigenvalue weighted by Gasteiger charge is 2.40. The van der Waals surface area contributed by atoms with Crippen LogP contribution in [0.3, 0.4) is 0 Å². The van der Waals surface area contributed by atoms with Gasteiger partial charge >= 0.3 is 0 Å². The van der Waals surface area contributed by atoms with Gasteiger partial charge < -0.3 is 11.1 Å². The number of amides is 1. The summed E-state index contributed by atoms with van der Waals surface area (Å²) >= 11 is 3.55. The van der Waals surface area contributed by atoms with Crippen LogP contribution < -0.4 is 11.1 Å². The first-order chi connectivity index (χ1) is 9.98. The van der Waals surface area contributed by atoms with Crippen molar-refractivity contribution in [2.24, 2.45) is 17.1 Å². The van der Waals surface area contributed by atoms with Crippen molar-refractivity contribution in [3.63, 3.8) is 0 Å². The average molecular weight is 353 g/mol. The fraction of sp³-hybridized carbons (Fsp3) is 0.588. The standard InChI is InChI=1S/C17H25BrN2O/c1-12-7-9-17(11-19,10-8-12)16(21)20-13(2)14-5-3-4-6-15(14)18/h3-6,12-13H,7-11,19H2,1-2H3,(H,20,21). The third-order valence-corrected chi connectivity index (χ3v) is 5.55. The number of halogens is 1. The van der Waals surface area contributed by atoms with Crippen LogP contribution in [0.1, 0.15) is 51.1 Å². The smallest absolute Gasteiger partial charge is 0.227 e.